The number of likely N-dealkylation sites (N-methyl/N-ethyl adjacent to an activating group) is 1. The van der Waals surface area contributed by atoms with E-state index in [0.717, 1.165) is 41.2 Å². The summed E-state index contributed by atoms with van der Waals surface area (Å²) in [6.45, 7) is 11.2. The zero-order valence-electron chi connectivity index (χ0n) is 25.8. The Kier molecular flexibility index (Phi) is 9.75. The molecular weight excluding hydrogens is 550 g/mol. The van der Waals surface area contributed by atoms with Crippen LogP contribution < -0.4 is 16.0 Å². The third kappa shape index (κ3) is 6.83. The molecule has 1 aromatic heterocycles. The van der Waals surface area contributed by atoms with Gasteiger partial charge < -0.3 is 30.9 Å². The summed E-state index contributed by atoms with van der Waals surface area (Å²) < 4.78 is 0. The largest absolute Gasteiger partial charge is 0.390 e. The number of aryl methyl sites for hydroxylation is 1. The number of para-hydroxylation sites is 1. The number of anilines is 2. The summed E-state index contributed by atoms with van der Waals surface area (Å²) in [5.41, 5.74) is 7.85. The van der Waals surface area contributed by atoms with Crippen molar-refractivity contribution in [2.24, 2.45) is 0 Å². The van der Waals surface area contributed by atoms with Gasteiger partial charge in [-0.1, -0.05) is 62.4 Å². The molecule has 0 radical (unpaired) electrons. The first kappa shape index (κ1) is 30.9. The smallest absolute Gasteiger partial charge is 0.256 e. The molecule has 2 atom stereocenters. The fourth-order valence-corrected chi connectivity index (χ4v) is 5.83. The number of amides is 2. The van der Waals surface area contributed by atoms with Crippen LogP contribution in [-0.2, 0) is 4.79 Å². The molecule has 0 fully saturated rings. The monoisotopic (exact) mass is 591 g/mol. The summed E-state index contributed by atoms with van der Waals surface area (Å²) in [5.74, 6) is -0.470. The van der Waals surface area contributed by atoms with E-state index in [9.17, 15) is 14.7 Å². The van der Waals surface area contributed by atoms with Gasteiger partial charge in [-0.25, -0.2) is 0 Å². The van der Waals surface area contributed by atoms with Gasteiger partial charge in [0.1, 0.15) is 0 Å². The summed E-state index contributed by atoms with van der Waals surface area (Å²) >= 11 is 0. The molecule has 228 valence electrons. The van der Waals surface area contributed by atoms with Crippen LogP contribution in [0.5, 0.6) is 0 Å². The van der Waals surface area contributed by atoms with Gasteiger partial charge >= 0.3 is 0 Å². The van der Waals surface area contributed by atoms with Crippen molar-refractivity contribution in [2.75, 3.05) is 36.8 Å². The van der Waals surface area contributed by atoms with Gasteiger partial charge in [0.15, 0.2) is 0 Å². The van der Waals surface area contributed by atoms with Gasteiger partial charge in [-0.3, -0.25) is 9.59 Å². The van der Waals surface area contributed by atoms with E-state index in [4.69, 9.17) is 0 Å². The minimum Gasteiger partial charge on any atom is -0.390 e. The van der Waals surface area contributed by atoms with Crippen molar-refractivity contribution in [1.29, 1.82) is 0 Å². The summed E-state index contributed by atoms with van der Waals surface area (Å²) in [6.07, 6.45) is 1.38. The standard InChI is InChI=1S/C36H41N5O3/c1-5-41(6-2)22-28(42)21-37-23(3)33-24(4)38-32(34(33)25-13-9-7-10-14-25)20-30-29-19-26(17-18-31(29)40-36(30)44)35(43)39-27-15-11-8-12-16-27/h7-20,23,28,37-38,42H,5-6,21-22H2,1-4H3,(H,39,43)(H,40,44). The maximum atomic E-state index is 13.3. The predicted molar refractivity (Wildman–Crippen MR) is 179 cm³/mol. The van der Waals surface area contributed by atoms with Gasteiger partial charge in [-0.15, -0.1) is 0 Å². The van der Waals surface area contributed by atoms with Crippen LogP contribution in [0.2, 0.25) is 0 Å². The maximum absolute atomic E-state index is 13.3. The molecule has 3 aromatic carbocycles. The third-order valence-electron chi connectivity index (χ3n) is 8.17. The molecule has 2 heterocycles. The molecule has 0 aliphatic carbocycles. The van der Waals surface area contributed by atoms with Gasteiger partial charge in [0.25, 0.3) is 11.8 Å². The van der Waals surface area contributed by atoms with Gasteiger partial charge in [0, 0.05) is 58.6 Å². The fraction of sp³-hybridized carbons (Fsp3) is 0.278. The molecule has 0 saturated carbocycles. The molecule has 0 spiro atoms. The minimum absolute atomic E-state index is 0.0714. The van der Waals surface area contributed by atoms with Crippen LogP contribution in [0.3, 0.4) is 0 Å². The van der Waals surface area contributed by atoms with E-state index in [1.807, 2.05) is 61.5 Å². The first-order chi connectivity index (χ1) is 21.3. The number of rotatable bonds is 12. The Morgan fingerprint density at radius 3 is 2.36 bits per heavy atom. The molecule has 1 aliphatic rings. The highest BCUT2D eigenvalue weighted by Gasteiger charge is 2.28. The number of hydrogen-bond donors (Lipinski definition) is 5. The number of aliphatic hydroxyl groups excluding tert-OH is 1. The quantitative estimate of drug-likeness (QED) is 0.128. The molecule has 5 rings (SSSR count). The molecule has 8 nitrogen and oxygen atoms in total. The lowest BCUT2D eigenvalue weighted by Crippen LogP contribution is -2.39. The van der Waals surface area contributed by atoms with Crippen LogP contribution in [-0.4, -0.2) is 59.1 Å². The lowest BCUT2D eigenvalue weighted by Gasteiger charge is -2.24. The number of aliphatic hydroxyl groups is 1. The average Bonchev–Trinajstić information content (AvgIpc) is 3.54. The highest BCUT2D eigenvalue weighted by atomic mass is 16.3. The van der Waals surface area contributed by atoms with Crippen molar-refractivity contribution in [3.63, 3.8) is 0 Å². The molecule has 5 N–H and O–H groups in total. The number of nitrogens with zero attached hydrogens (tertiary/aromatic N) is 1. The molecule has 2 amide bonds. The minimum atomic E-state index is -0.495. The summed E-state index contributed by atoms with van der Waals surface area (Å²) in [4.78, 5) is 32.1. The summed E-state index contributed by atoms with van der Waals surface area (Å²) in [7, 11) is 0. The van der Waals surface area contributed by atoms with Crippen LogP contribution in [0, 0.1) is 6.92 Å². The van der Waals surface area contributed by atoms with Crippen LogP contribution in [0.25, 0.3) is 22.8 Å². The van der Waals surface area contributed by atoms with Crippen LogP contribution in [0.1, 0.15) is 59.7 Å². The van der Waals surface area contributed by atoms with Crippen molar-refractivity contribution in [1.82, 2.24) is 15.2 Å². The Bertz CT molecular complexity index is 1640. The molecule has 44 heavy (non-hydrogen) atoms. The summed E-state index contributed by atoms with van der Waals surface area (Å²) in [5, 5.41) is 20.1. The van der Waals surface area contributed by atoms with Crippen LogP contribution >= 0.6 is 0 Å². The summed E-state index contributed by atoms with van der Waals surface area (Å²) in [6, 6.07) is 24.6. The average molecular weight is 592 g/mol. The van der Waals surface area contributed by atoms with Gasteiger partial charge in [0.05, 0.1) is 11.7 Å². The Hall–Kier alpha value is -4.50. The van der Waals surface area contributed by atoms with Crippen molar-refractivity contribution >= 4 is 34.8 Å². The van der Waals surface area contributed by atoms with Gasteiger partial charge in [0.2, 0.25) is 0 Å². The zero-order chi connectivity index (χ0) is 31.2. The Labute approximate surface area is 259 Å². The van der Waals surface area contributed by atoms with Crippen LogP contribution in [0.4, 0.5) is 11.4 Å². The van der Waals surface area contributed by atoms with Gasteiger partial charge in [-0.2, -0.15) is 0 Å². The zero-order valence-corrected chi connectivity index (χ0v) is 25.8. The highest BCUT2D eigenvalue weighted by molar-refractivity contribution is 6.35. The fourth-order valence-electron chi connectivity index (χ4n) is 5.83. The normalized spacial score (nSPS) is 14.9. The van der Waals surface area contributed by atoms with E-state index in [1.165, 1.54) is 0 Å². The molecule has 0 saturated heterocycles. The SMILES string of the molecule is CCN(CC)CC(O)CNC(C)c1c(C)[nH]c(C=C2C(=O)Nc3ccc(C(=O)Nc4ccccc4)cc32)c1-c1ccccc1. The number of carbonyl (C=O) groups is 2. The second kappa shape index (κ2) is 13.9. The number of hydrogen-bond acceptors (Lipinski definition) is 5. The molecule has 2 unspecified atom stereocenters. The third-order valence-corrected chi connectivity index (χ3v) is 8.17. The van der Waals surface area contributed by atoms with Gasteiger partial charge in [-0.05, 0) is 74.5 Å². The first-order valence-electron chi connectivity index (χ1n) is 15.2. The number of H-pyrrole nitrogens is 1. The van der Waals surface area contributed by atoms with Crippen molar-refractivity contribution in [3.05, 3.63) is 107 Å². The number of carbonyl (C=O) groups excluding carboxylic acids is 2. The second-order valence-electron chi connectivity index (χ2n) is 11.2. The van der Waals surface area contributed by atoms with E-state index < -0.39 is 6.10 Å². The Morgan fingerprint density at radius 1 is 1.00 bits per heavy atom. The lowest BCUT2D eigenvalue weighted by molar-refractivity contribution is -0.110. The van der Waals surface area contributed by atoms with Crippen molar-refractivity contribution in [2.45, 2.75) is 39.8 Å². The maximum Gasteiger partial charge on any atom is 0.256 e. The first-order valence-corrected chi connectivity index (χ1v) is 15.2. The molecule has 0 bridgehead atoms. The Morgan fingerprint density at radius 2 is 1.68 bits per heavy atom. The second-order valence-corrected chi connectivity index (χ2v) is 11.2. The highest BCUT2D eigenvalue weighted by Crippen LogP contribution is 2.39. The number of benzene rings is 3. The lowest BCUT2D eigenvalue weighted by atomic mass is 9.94. The predicted octanol–water partition coefficient (Wildman–Crippen LogP) is 6.09. The molecule has 4 aromatic rings. The number of nitrogens with one attached hydrogen (secondary N) is 4. The van der Waals surface area contributed by atoms with E-state index in [1.54, 1.807) is 18.2 Å². The number of aromatic amines is 1. The topological polar surface area (TPSA) is 109 Å². The number of aromatic nitrogens is 1. The van der Waals surface area contributed by atoms with Crippen molar-refractivity contribution in [3.8, 4) is 11.1 Å². The van der Waals surface area contributed by atoms with E-state index in [-0.39, 0.29) is 17.9 Å². The molecule has 8 heteroatoms. The number of fused-ring (bicyclic) bond motifs is 1. The molecule has 1 aliphatic heterocycles. The van der Waals surface area contributed by atoms with Crippen LogP contribution in [0.15, 0.2) is 78.9 Å². The van der Waals surface area contributed by atoms with Crippen molar-refractivity contribution < 1.29 is 14.7 Å². The van der Waals surface area contributed by atoms with E-state index in [2.05, 4.69) is 58.7 Å². The Balaban J connectivity index is 1.48. The van der Waals surface area contributed by atoms with E-state index in [0.29, 0.717) is 41.2 Å². The van der Waals surface area contributed by atoms with E-state index >= 15 is 0 Å². The molecular formula is C36H41N5O3.